The number of hydrogen-bond acceptors (Lipinski definition) is 0. The number of rotatable bonds is 2. The van der Waals surface area contributed by atoms with Gasteiger partial charge in [-0.1, -0.05) is 91.6 Å². The molecule has 0 fully saturated rings. The molecule has 187 valence electrons. The van der Waals surface area contributed by atoms with E-state index in [0.29, 0.717) is 5.92 Å². The second-order valence-corrected chi connectivity index (χ2v) is 15.3. The first-order valence-electron chi connectivity index (χ1n) is 12.4. The Labute approximate surface area is 253 Å². The molecule has 1 aliphatic carbocycles. The molecule has 0 spiro atoms. The molecule has 1 radical (unpaired) electrons. The zero-order chi connectivity index (χ0) is 23.6. The summed E-state index contributed by atoms with van der Waals surface area (Å²) in [5.74, 6) is 0.603. The van der Waals surface area contributed by atoms with Gasteiger partial charge in [0.2, 0.25) is 0 Å². The van der Waals surface area contributed by atoms with Crippen LogP contribution in [0.4, 0.5) is 0 Å². The van der Waals surface area contributed by atoms with Crippen molar-refractivity contribution in [3.63, 3.8) is 0 Å². The molecule has 1 atom stereocenters. The van der Waals surface area contributed by atoms with E-state index in [4.69, 9.17) is 0 Å². The van der Waals surface area contributed by atoms with E-state index in [2.05, 4.69) is 130 Å². The van der Waals surface area contributed by atoms with Crippen LogP contribution in [-0.4, -0.2) is 12.6 Å². The Kier molecular flexibility index (Phi) is 8.97. The molecule has 4 aromatic carbocycles. The maximum Gasteiger partial charge on any atom is 3.00 e. The van der Waals surface area contributed by atoms with E-state index >= 15 is 0 Å². The van der Waals surface area contributed by atoms with E-state index in [1.165, 1.54) is 38.4 Å². The molecule has 0 saturated heterocycles. The molecule has 1 aromatic heterocycles. The van der Waals surface area contributed by atoms with Crippen LogP contribution in [0.5, 0.6) is 0 Å². The van der Waals surface area contributed by atoms with Crippen molar-refractivity contribution < 1.29 is 51.0 Å². The van der Waals surface area contributed by atoms with Gasteiger partial charge in [0.15, 0.2) is 0 Å². The van der Waals surface area contributed by atoms with Gasteiger partial charge in [-0.3, -0.25) is 0 Å². The van der Waals surface area contributed by atoms with Crippen LogP contribution in [0.3, 0.4) is 0 Å². The SMILES string of the molecule is CC(C)c1cc2c(ccc3ccccc32)[cH-]1.CC1=C2c3ccn(-c4ccccc4)c3C1[Si]2(C)C.[Cl-].[Cl-].[Zr+3]. The van der Waals surface area contributed by atoms with Crippen LogP contribution in [0.2, 0.25) is 13.1 Å². The Balaban J connectivity index is 0.000000191. The Hall–Kier alpha value is -1.77. The fourth-order valence-corrected chi connectivity index (χ4v) is 10.8. The zero-order valence-corrected chi connectivity index (χ0v) is 27.0. The first kappa shape index (κ1) is 29.8. The van der Waals surface area contributed by atoms with Gasteiger partial charge in [0.1, 0.15) is 0 Å². The van der Waals surface area contributed by atoms with E-state index in [0.717, 1.165) is 5.54 Å². The summed E-state index contributed by atoms with van der Waals surface area (Å²) < 4.78 is 2.40. The van der Waals surface area contributed by atoms with Gasteiger partial charge in [-0.05, 0) is 42.0 Å². The number of halogens is 2. The number of nitrogens with zero attached hydrogens (tertiary/aromatic N) is 1. The third-order valence-electron chi connectivity index (χ3n) is 8.00. The molecule has 2 bridgehead atoms. The van der Waals surface area contributed by atoms with Crippen LogP contribution < -0.4 is 24.8 Å². The van der Waals surface area contributed by atoms with Crippen LogP contribution >= 0.6 is 0 Å². The molecule has 5 heteroatoms. The summed E-state index contributed by atoms with van der Waals surface area (Å²) in [6, 6.07) is 30.7. The molecule has 37 heavy (non-hydrogen) atoms. The normalized spacial score (nSPS) is 16.2. The molecule has 2 aliphatic heterocycles. The minimum Gasteiger partial charge on any atom is -1.00 e. The molecule has 1 nitrogen and oxygen atoms in total. The van der Waals surface area contributed by atoms with Crippen molar-refractivity contribution in [2.75, 3.05) is 0 Å². The van der Waals surface area contributed by atoms with Crippen LogP contribution in [0.1, 0.15) is 49.1 Å². The van der Waals surface area contributed by atoms with Crippen LogP contribution in [0.15, 0.2) is 96.7 Å². The third kappa shape index (κ3) is 4.67. The zero-order valence-electron chi connectivity index (χ0n) is 22.0. The first-order valence-corrected chi connectivity index (χ1v) is 15.5. The molecule has 0 amide bonds. The standard InChI is InChI=1S/C16H17NSi.C16H15.2ClH.Zr/c1-11-15-13-9-10-17(12-7-5-4-6-8-12)14(13)16(11)18(15,2)3;1-11(2)14-9-13-8-7-12-5-3-4-6-15(12)16(13)10-14;;;/h4-10,16H,1-3H3;3-11H,1-2H3;2*1H;/q;-1;;;+3/p-2. The van der Waals surface area contributed by atoms with Gasteiger partial charge in [-0.15, -0.1) is 28.5 Å². The summed E-state index contributed by atoms with van der Waals surface area (Å²) in [7, 11) is -1.17. The van der Waals surface area contributed by atoms with E-state index in [9.17, 15) is 0 Å². The molecule has 8 rings (SSSR count). The molecular formula is C32H32Cl2NSiZr. The van der Waals surface area contributed by atoms with Crippen molar-refractivity contribution in [2.24, 2.45) is 0 Å². The van der Waals surface area contributed by atoms with Crippen molar-refractivity contribution in [1.29, 1.82) is 0 Å². The summed E-state index contributed by atoms with van der Waals surface area (Å²) in [6.45, 7) is 11.8. The van der Waals surface area contributed by atoms with Gasteiger partial charge in [-0.25, -0.2) is 0 Å². The number of para-hydroxylation sites is 1. The number of fused-ring (bicyclic) bond motifs is 3. The van der Waals surface area contributed by atoms with Crippen LogP contribution in [0.25, 0.3) is 32.4 Å². The van der Waals surface area contributed by atoms with Gasteiger partial charge >= 0.3 is 26.2 Å². The fraction of sp³-hybridized carbons (Fsp3) is 0.219. The number of aromatic nitrogens is 1. The van der Waals surface area contributed by atoms with Crippen LogP contribution in [-0.2, 0) is 26.2 Å². The molecule has 0 saturated carbocycles. The minimum atomic E-state index is -1.17. The minimum absolute atomic E-state index is 0. The Morgan fingerprint density at radius 3 is 2.19 bits per heavy atom. The van der Waals surface area contributed by atoms with Crippen molar-refractivity contribution in [1.82, 2.24) is 4.57 Å². The molecule has 5 aromatic rings. The molecule has 1 unspecified atom stereocenters. The average Bonchev–Trinajstić information content (AvgIpc) is 3.56. The van der Waals surface area contributed by atoms with Gasteiger partial charge < -0.3 is 29.4 Å². The summed E-state index contributed by atoms with van der Waals surface area (Å²) in [6.07, 6.45) is 2.24. The molecule has 3 heterocycles. The maximum atomic E-state index is 2.51. The second-order valence-electron chi connectivity index (χ2n) is 10.8. The summed E-state index contributed by atoms with van der Waals surface area (Å²) >= 11 is 0. The number of allylic oxidation sites excluding steroid dienone is 1. The third-order valence-corrected chi connectivity index (χ3v) is 12.1. The van der Waals surface area contributed by atoms with E-state index in [1.807, 2.05) is 0 Å². The molecule has 0 N–H and O–H groups in total. The average molecular weight is 621 g/mol. The van der Waals surface area contributed by atoms with Crippen LogP contribution in [0, 0.1) is 0 Å². The summed E-state index contributed by atoms with van der Waals surface area (Å²) in [5, 5.41) is 7.17. The first-order chi connectivity index (χ1) is 16.4. The van der Waals surface area contributed by atoms with Gasteiger partial charge in [0.25, 0.3) is 0 Å². The van der Waals surface area contributed by atoms with Crippen molar-refractivity contribution >= 4 is 34.8 Å². The number of benzene rings is 3. The van der Waals surface area contributed by atoms with E-state index in [-0.39, 0.29) is 51.0 Å². The van der Waals surface area contributed by atoms with E-state index < -0.39 is 8.07 Å². The maximum absolute atomic E-state index is 2.51. The van der Waals surface area contributed by atoms with E-state index in [1.54, 1.807) is 16.5 Å². The van der Waals surface area contributed by atoms with Gasteiger partial charge in [-0.2, -0.15) is 6.07 Å². The Morgan fingerprint density at radius 2 is 1.51 bits per heavy atom. The smallest absolute Gasteiger partial charge is 1.00 e. The predicted molar refractivity (Wildman–Crippen MR) is 150 cm³/mol. The molecule has 3 aliphatic rings. The van der Waals surface area contributed by atoms with Gasteiger partial charge in [0.05, 0.1) is 8.07 Å². The van der Waals surface area contributed by atoms with Crippen molar-refractivity contribution in [3.05, 3.63) is 114 Å². The largest absolute Gasteiger partial charge is 3.00 e. The summed E-state index contributed by atoms with van der Waals surface area (Å²) in [5.41, 5.74) is 8.22. The quantitative estimate of drug-likeness (QED) is 0.211. The van der Waals surface area contributed by atoms with Crippen molar-refractivity contribution in [3.8, 4) is 5.69 Å². The fourth-order valence-electron chi connectivity index (χ4n) is 6.45. The second kappa shape index (κ2) is 11.1. The molecular weight excluding hydrogens is 589 g/mol. The Morgan fingerprint density at radius 1 is 0.838 bits per heavy atom. The summed E-state index contributed by atoms with van der Waals surface area (Å²) in [4.78, 5) is 0. The topological polar surface area (TPSA) is 4.93 Å². The number of hydrogen-bond donors (Lipinski definition) is 0. The predicted octanol–water partition coefficient (Wildman–Crippen LogP) is 2.99. The Bertz CT molecular complexity index is 1580. The van der Waals surface area contributed by atoms with Gasteiger partial charge in [0, 0.05) is 23.1 Å². The monoisotopic (exact) mass is 618 g/mol. The van der Waals surface area contributed by atoms with Crippen molar-refractivity contribution in [2.45, 2.75) is 45.3 Å².